The van der Waals surface area contributed by atoms with Crippen LogP contribution in [-0.2, 0) is 21.2 Å². The van der Waals surface area contributed by atoms with Crippen molar-refractivity contribution in [2.75, 3.05) is 32.7 Å². The number of ether oxygens (including phenoxy) is 1. The Morgan fingerprint density at radius 1 is 1.29 bits per heavy atom. The Labute approximate surface area is 132 Å². The Hall–Kier alpha value is -0.620. The van der Waals surface area contributed by atoms with Gasteiger partial charge in [-0.2, -0.15) is 4.31 Å². The van der Waals surface area contributed by atoms with Gasteiger partial charge >= 0.3 is 0 Å². The summed E-state index contributed by atoms with van der Waals surface area (Å²) in [6, 6.07) is 6.90. The summed E-state index contributed by atoms with van der Waals surface area (Å²) in [7, 11) is -1.85. The third kappa shape index (κ3) is 4.95. The molecule has 21 heavy (non-hydrogen) atoms. The molecule has 1 fully saturated rings. The molecule has 1 aromatic rings. The zero-order valence-electron chi connectivity index (χ0n) is 12.3. The van der Waals surface area contributed by atoms with E-state index in [1.54, 1.807) is 19.2 Å². The van der Waals surface area contributed by atoms with Crippen molar-refractivity contribution in [3.05, 3.63) is 29.8 Å². The number of halogens is 1. The lowest BCUT2D eigenvalue weighted by atomic mass is 10.2. The smallest absolute Gasteiger partial charge is 0.242 e. The Bertz CT molecular complexity index is 541. The molecule has 0 amide bonds. The highest BCUT2D eigenvalue weighted by atomic mass is 35.5. The molecule has 0 heterocycles. The summed E-state index contributed by atoms with van der Waals surface area (Å²) in [4.78, 5) is 0.311. The summed E-state index contributed by atoms with van der Waals surface area (Å²) in [6.07, 6.45) is 3.22. The summed E-state index contributed by atoms with van der Waals surface area (Å²) in [5.41, 5.74) is 1.04. The normalized spacial score (nSPS) is 15.6. The van der Waals surface area contributed by atoms with Gasteiger partial charge in [0.2, 0.25) is 10.0 Å². The average Bonchev–Trinajstić information content (AvgIpc) is 3.28. The van der Waals surface area contributed by atoms with Crippen molar-refractivity contribution < 1.29 is 13.2 Å². The van der Waals surface area contributed by atoms with Crippen LogP contribution in [0.4, 0.5) is 0 Å². The van der Waals surface area contributed by atoms with Gasteiger partial charge < -0.3 is 4.74 Å². The van der Waals surface area contributed by atoms with Crippen molar-refractivity contribution in [1.29, 1.82) is 0 Å². The van der Waals surface area contributed by atoms with Crippen LogP contribution in [0.5, 0.6) is 0 Å². The predicted molar refractivity (Wildman–Crippen MR) is 84.2 cm³/mol. The number of alkyl halides is 1. The average molecular weight is 332 g/mol. The van der Waals surface area contributed by atoms with Crippen LogP contribution in [0.15, 0.2) is 29.2 Å². The summed E-state index contributed by atoms with van der Waals surface area (Å²) >= 11 is 5.67. The van der Waals surface area contributed by atoms with Crippen molar-refractivity contribution in [3.63, 3.8) is 0 Å². The van der Waals surface area contributed by atoms with E-state index in [9.17, 15) is 8.42 Å². The zero-order valence-corrected chi connectivity index (χ0v) is 13.9. The number of nitrogens with zero attached hydrogens (tertiary/aromatic N) is 1. The van der Waals surface area contributed by atoms with Gasteiger partial charge in [-0.25, -0.2) is 8.42 Å². The molecule has 1 saturated carbocycles. The fraction of sp³-hybridized carbons (Fsp3) is 0.600. The molecule has 0 aliphatic heterocycles. The maximum Gasteiger partial charge on any atom is 0.242 e. The molecule has 2 rings (SSSR count). The van der Waals surface area contributed by atoms with E-state index < -0.39 is 10.0 Å². The highest BCUT2D eigenvalue weighted by molar-refractivity contribution is 7.89. The number of hydrogen-bond acceptors (Lipinski definition) is 3. The molecule has 0 N–H and O–H groups in total. The van der Waals surface area contributed by atoms with Crippen LogP contribution in [0.2, 0.25) is 0 Å². The number of sulfonamides is 1. The molecule has 1 aliphatic rings. The minimum absolute atomic E-state index is 0.311. The first-order valence-corrected chi connectivity index (χ1v) is 9.20. The molecule has 0 aromatic heterocycles. The van der Waals surface area contributed by atoms with E-state index in [1.165, 1.54) is 17.1 Å². The maximum atomic E-state index is 12.4. The highest BCUT2D eigenvalue weighted by Gasteiger charge is 2.23. The van der Waals surface area contributed by atoms with Gasteiger partial charge in [-0.1, -0.05) is 12.1 Å². The lowest BCUT2D eigenvalue weighted by molar-refractivity contribution is 0.117. The molecular weight excluding hydrogens is 310 g/mol. The van der Waals surface area contributed by atoms with Crippen LogP contribution in [0.1, 0.15) is 18.4 Å². The van der Waals surface area contributed by atoms with Gasteiger partial charge in [0, 0.05) is 26.1 Å². The van der Waals surface area contributed by atoms with E-state index in [-0.39, 0.29) is 0 Å². The first-order chi connectivity index (χ1) is 10.0. The number of hydrogen-bond donors (Lipinski definition) is 0. The Kier molecular flexibility index (Phi) is 6.05. The quantitative estimate of drug-likeness (QED) is 0.516. The van der Waals surface area contributed by atoms with Gasteiger partial charge in [0.1, 0.15) is 0 Å². The Morgan fingerprint density at radius 2 is 1.95 bits per heavy atom. The zero-order chi connectivity index (χ0) is 15.3. The second kappa shape index (κ2) is 7.58. The molecule has 0 radical (unpaired) electrons. The Balaban J connectivity index is 1.88. The molecule has 6 heteroatoms. The largest absolute Gasteiger partial charge is 0.380 e. The molecular formula is C15H22ClNO3S. The van der Waals surface area contributed by atoms with E-state index in [2.05, 4.69) is 0 Å². The fourth-order valence-corrected chi connectivity index (χ4v) is 3.34. The molecule has 0 atom stereocenters. The summed E-state index contributed by atoms with van der Waals surface area (Å²) in [5, 5.41) is 0. The van der Waals surface area contributed by atoms with Crippen molar-refractivity contribution in [2.24, 2.45) is 5.92 Å². The van der Waals surface area contributed by atoms with E-state index in [0.717, 1.165) is 18.6 Å². The third-order valence-corrected chi connectivity index (χ3v) is 5.68. The van der Waals surface area contributed by atoms with Gasteiger partial charge in [-0.05, 0) is 42.9 Å². The van der Waals surface area contributed by atoms with Crippen LogP contribution in [-0.4, -0.2) is 45.4 Å². The second-order valence-corrected chi connectivity index (χ2v) is 7.85. The van der Waals surface area contributed by atoms with Crippen molar-refractivity contribution in [1.82, 2.24) is 4.31 Å². The van der Waals surface area contributed by atoms with Gasteiger partial charge in [-0.3, -0.25) is 0 Å². The summed E-state index contributed by atoms with van der Waals surface area (Å²) in [5.74, 6) is 1.23. The first-order valence-electron chi connectivity index (χ1n) is 7.23. The molecule has 1 aliphatic carbocycles. The second-order valence-electron chi connectivity index (χ2n) is 5.43. The maximum absolute atomic E-state index is 12.4. The van der Waals surface area contributed by atoms with E-state index >= 15 is 0 Å². The van der Waals surface area contributed by atoms with E-state index in [0.29, 0.717) is 29.8 Å². The topological polar surface area (TPSA) is 46.6 Å². The Morgan fingerprint density at radius 3 is 2.52 bits per heavy atom. The highest BCUT2D eigenvalue weighted by Crippen LogP contribution is 2.28. The van der Waals surface area contributed by atoms with Crippen LogP contribution >= 0.6 is 11.6 Å². The van der Waals surface area contributed by atoms with Gasteiger partial charge in [-0.15, -0.1) is 11.6 Å². The molecule has 118 valence electrons. The SMILES string of the molecule is CN(CCOCC1CC1)S(=O)(=O)c1ccc(CCCl)cc1. The lowest BCUT2D eigenvalue weighted by Gasteiger charge is -2.17. The first kappa shape index (κ1) is 16.7. The minimum Gasteiger partial charge on any atom is -0.380 e. The number of aryl methyl sites for hydroxylation is 1. The molecule has 0 unspecified atom stereocenters. The van der Waals surface area contributed by atoms with Crippen molar-refractivity contribution in [3.8, 4) is 0 Å². The van der Waals surface area contributed by atoms with Gasteiger partial charge in [0.15, 0.2) is 0 Å². The van der Waals surface area contributed by atoms with Crippen LogP contribution < -0.4 is 0 Å². The van der Waals surface area contributed by atoms with E-state index in [4.69, 9.17) is 16.3 Å². The number of benzene rings is 1. The number of rotatable bonds is 9. The molecule has 0 spiro atoms. The van der Waals surface area contributed by atoms with Gasteiger partial charge in [0.05, 0.1) is 11.5 Å². The third-order valence-electron chi connectivity index (χ3n) is 3.62. The molecule has 4 nitrogen and oxygen atoms in total. The van der Waals surface area contributed by atoms with Crippen molar-refractivity contribution >= 4 is 21.6 Å². The van der Waals surface area contributed by atoms with Crippen LogP contribution in [0.3, 0.4) is 0 Å². The fourth-order valence-electron chi connectivity index (χ4n) is 1.96. The van der Waals surface area contributed by atoms with Crippen LogP contribution in [0, 0.1) is 5.92 Å². The predicted octanol–water partition coefficient (Wildman–Crippen LogP) is 2.52. The van der Waals surface area contributed by atoms with Crippen molar-refractivity contribution in [2.45, 2.75) is 24.2 Å². The summed E-state index contributed by atoms with van der Waals surface area (Å²) < 4.78 is 31.6. The minimum atomic E-state index is -3.44. The molecule has 0 saturated heterocycles. The summed E-state index contributed by atoms with van der Waals surface area (Å²) in [6.45, 7) is 1.57. The monoisotopic (exact) mass is 331 g/mol. The van der Waals surface area contributed by atoms with Gasteiger partial charge in [0.25, 0.3) is 0 Å². The molecule has 0 bridgehead atoms. The van der Waals surface area contributed by atoms with E-state index in [1.807, 2.05) is 12.1 Å². The molecule has 1 aromatic carbocycles. The standard InChI is InChI=1S/C15H22ClNO3S/c1-17(10-11-20-12-14-2-3-14)21(18,19)15-6-4-13(5-7-15)8-9-16/h4-7,14H,2-3,8-12H2,1H3. The lowest BCUT2D eigenvalue weighted by Crippen LogP contribution is -2.30. The van der Waals surface area contributed by atoms with Crippen LogP contribution in [0.25, 0.3) is 0 Å². The number of likely N-dealkylation sites (N-methyl/N-ethyl adjacent to an activating group) is 1.